The van der Waals surface area contributed by atoms with Crippen LogP contribution in [0.2, 0.25) is 0 Å². The van der Waals surface area contributed by atoms with Crippen molar-refractivity contribution in [1.29, 1.82) is 0 Å². The molecule has 1 unspecified atom stereocenters. The summed E-state index contributed by atoms with van der Waals surface area (Å²) in [4.78, 5) is 33.7. The van der Waals surface area contributed by atoms with E-state index in [2.05, 4.69) is 23.3 Å². The number of rotatable bonds is 9. The van der Waals surface area contributed by atoms with Gasteiger partial charge in [-0.25, -0.2) is 4.98 Å². The smallest absolute Gasteiger partial charge is 0.278 e. The Labute approximate surface area is 176 Å². The standard InChI is InChI=1S/C21H31N5O2S/c1-3-4-9-22-19(27)14-25-10-12-26(13-11-25)21(28)16-24(2)15-20-23-17-7-5-6-8-18(17)29-20/h5-8H,3-4,9-16H2,1-2H3,(H,22,27)/p+2. The third-order valence-corrected chi connectivity index (χ3v) is 6.37. The largest absolute Gasteiger partial charge is 0.351 e. The molecule has 1 atom stereocenters. The number of aromatic nitrogens is 1. The molecule has 1 aliphatic rings. The maximum Gasteiger partial charge on any atom is 0.278 e. The van der Waals surface area contributed by atoms with Crippen molar-refractivity contribution in [1.82, 2.24) is 15.2 Å². The second-order valence-corrected chi connectivity index (χ2v) is 9.01. The first-order valence-electron chi connectivity index (χ1n) is 10.6. The lowest BCUT2D eigenvalue weighted by atomic mass is 10.3. The fourth-order valence-corrected chi connectivity index (χ4v) is 4.71. The van der Waals surface area contributed by atoms with Crippen molar-refractivity contribution in [3.63, 3.8) is 0 Å². The van der Waals surface area contributed by atoms with Crippen LogP contribution in [0, 0.1) is 0 Å². The number of amides is 2. The Morgan fingerprint density at radius 1 is 1.28 bits per heavy atom. The number of piperazine rings is 1. The van der Waals surface area contributed by atoms with E-state index in [1.54, 1.807) is 11.3 Å². The molecule has 3 N–H and O–H groups in total. The van der Waals surface area contributed by atoms with E-state index in [1.165, 1.54) is 9.60 Å². The van der Waals surface area contributed by atoms with Gasteiger partial charge in [0.15, 0.2) is 13.1 Å². The normalized spacial score (nSPS) is 16.1. The molecule has 7 nitrogen and oxygen atoms in total. The van der Waals surface area contributed by atoms with E-state index in [0.717, 1.165) is 67.5 Å². The molecule has 2 aromatic rings. The minimum atomic E-state index is 0.119. The van der Waals surface area contributed by atoms with Crippen LogP contribution in [0.1, 0.15) is 24.8 Å². The quantitative estimate of drug-likeness (QED) is 0.455. The van der Waals surface area contributed by atoms with Gasteiger partial charge in [-0.05, 0) is 18.6 Å². The summed E-state index contributed by atoms with van der Waals surface area (Å²) in [6.07, 6.45) is 2.11. The molecule has 0 radical (unpaired) electrons. The molecule has 0 bridgehead atoms. The predicted octanol–water partition coefficient (Wildman–Crippen LogP) is -1.05. The number of thiazole rings is 1. The number of hydrogen-bond acceptors (Lipinski definition) is 4. The Hall–Kier alpha value is -2.03. The second-order valence-electron chi connectivity index (χ2n) is 7.90. The van der Waals surface area contributed by atoms with Crippen LogP contribution in [-0.4, -0.2) is 74.6 Å². The molecule has 1 saturated heterocycles. The summed E-state index contributed by atoms with van der Waals surface area (Å²) in [5.41, 5.74) is 1.03. The first-order chi connectivity index (χ1) is 14.0. The minimum Gasteiger partial charge on any atom is -0.351 e. The van der Waals surface area contributed by atoms with E-state index in [9.17, 15) is 9.59 Å². The molecule has 2 heterocycles. The molecule has 158 valence electrons. The molecule has 0 spiro atoms. The molecule has 8 heteroatoms. The highest BCUT2D eigenvalue weighted by Crippen LogP contribution is 2.20. The van der Waals surface area contributed by atoms with Gasteiger partial charge in [-0.1, -0.05) is 25.5 Å². The predicted molar refractivity (Wildman–Crippen MR) is 115 cm³/mol. The summed E-state index contributed by atoms with van der Waals surface area (Å²) < 4.78 is 1.19. The van der Waals surface area contributed by atoms with E-state index >= 15 is 0 Å². The van der Waals surface area contributed by atoms with Crippen LogP contribution in [0.25, 0.3) is 10.2 Å². The lowest BCUT2D eigenvalue weighted by Gasteiger charge is -2.32. The average Bonchev–Trinajstić information content (AvgIpc) is 3.10. The Balaban J connectivity index is 1.39. The van der Waals surface area contributed by atoms with Crippen LogP contribution in [-0.2, 0) is 16.1 Å². The summed E-state index contributed by atoms with van der Waals surface area (Å²) >= 11 is 1.70. The van der Waals surface area contributed by atoms with E-state index < -0.39 is 0 Å². The molecule has 0 aliphatic carbocycles. The van der Waals surface area contributed by atoms with Gasteiger partial charge < -0.3 is 20.0 Å². The van der Waals surface area contributed by atoms with Crippen LogP contribution >= 0.6 is 11.3 Å². The third-order valence-electron chi connectivity index (χ3n) is 5.33. The van der Waals surface area contributed by atoms with E-state index in [0.29, 0.717) is 13.1 Å². The fourth-order valence-electron chi connectivity index (χ4n) is 3.63. The minimum absolute atomic E-state index is 0.119. The Bertz CT molecular complexity index is 783. The van der Waals surface area contributed by atoms with E-state index in [-0.39, 0.29) is 11.8 Å². The van der Waals surface area contributed by atoms with Crippen LogP contribution in [0.5, 0.6) is 0 Å². The Kier molecular flexibility index (Phi) is 7.97. The number of hydrogen-bond donors (Lipinski definition) is 3. The number of quaternary nitrogens is 2. The number of unbranched alkanes of at least 4 members (excludes halogenated alkanes) is 1. The zero-order valence-corrected chi connectivity index (χ0v) is 18.3. The van der Waals surface area contributed by atoms with Crippen molar-refractivity contribution in [2.45, 2.75) is 26.3 Å². The molecule has 1 aliphatic heterocycles. The SMILES string of the molecule is CCCCNC(=O)C[NH+]1CCN(C(=O)C[NH+](C)Cc2nc3ccccc3s2)CC1. The summed E-state index contributed by atoms with van der Waals surface area (Å²) in [7, 11) is 2.05. The molecule has 1 aromatic heterocycles. The van der Waals surface area contributed by atoms with Crippen molar-refractivity contribution in [3.05, 3.63) is 29.3 Å². The van der Waals surface area contributed by atoms with Gasteiger partial charge in [-0.2, -0.15) is 0 Å². The van der Waals surface area contributed by atoms with Gasteiger partial charge in [0.1, 0.15) is 11.6 Å². The van der Waals surface area contributed by atoms with E-state index in [1.807, 2.05) is 30.1 Å². The van der Waals surface area contributed by atoms with Crippen LogP contribution in [0.15, 0.2) is 24.3 Å². The highest BCUT2D eigenvalue weighted by Gasteiger charge is 2.26. The Morgan fingerprint density at radius 2 is 2.03 bits per heavy atom. The summed E-state index contributed by atoms with van der Waals surface area (Å²) in [6.45, 7) is 7.75. The number of carbonyl (C=O) groups is 2. The number of carbonyl (C=O) groups excluding carboxylic acids is 2. The average molecular weight is 420 g/mol. The first-order valence-corrected chi connectivity index (χ1v) is 11.4. The fraction of sp³-hybridized carbons (Fsp3) is 0.571. The number of nitrogens with zero attached hydrogens (tertiary/aromatic N) is 2. The molecule has 29 heavy (non-hydrogen) atoms. The van der Waals surface area contributed by atoms with Gasteiger partial charge in [0.05, 0.1) is 43.4 Å². The van der Waals surface area contributed by atoms with Crippen molar-refractivity contribution < 1.29 is 19.4 Å². The van der Waals surface area contributed by atoms with Gasteiger partial charge in [-0.15, -0.1) is 11.3 Å². The molecule has 2 amide bonds. The molecule has 1 aromatic carbocycles. The van der Waals surface area contributed by atoms with Crippen LogP contribution in [0.4, 0.5) is 0 Å². The molecule has 3 rings (SSSR count). The maximum absolute atomic E-state index is 12.7. The highest BCUT2D eigenvalue weighted by molar-refractivity contribution is 7.18. The summed E-state index contributed by atoms with van der Waals surface area (Å²) in [6, 6.07) is 8.15. The molecular weight excluding hydrogens is 386 g/mol. The second kappa shape index (κ2) is 10.7. The lowest BCUT2D eigenvalue weighted by molar-refractivity contribution is -0.897. The number of fused-ring (bicyclic) bond motifs is 1. The van der Waals surface area contributed by atoms with Gasteiger partial charge in [-0.3, -0.25) is 9.59 Å². The van der Waals surface area contributed by atoms with Gasteiger partial charge in [0.25, 0.3) is 11.8 Å². The van der Waals surface area contributed by atoms with Crippen LogP contribution in [0.3, 0.4) is 0 Å². The lowest BCUT2D eigenvalue weighted by Crippen LogP contribution is -3.16. The van der Waals surface area contributed by atoms with Crippen molar-refractivity contribution in [2.24, 2.45) is 0 Å². The number of para-hydroxylation sites is 1. The summed E-state index contributed by atoms with van der Waals surface area (Å²) in [5, 5.41) is 4.04. The number of nitrogens with one attached hydrogen (secondary N) is 3. The van der Waals surface area contributed by atoms with Crippen molar-refractivity contribution >= 4 is 33.4 Å². The van der Waals surface area contributed by atoms with Gasteiger partial charge >= 0.3 is 0 Å². The van der Waals surface area contributed by atoms with E-state index in [4.69, 9.17) is 0 Å². The zero-order chi connectivity index (χ0) is 20.6. The van der Waals surface area contributed by atoms with Gasteiger partial charge in [0.2, 0.25) is 0 Å². The van der Waals surface area contributed by atoms with Crippen molar-refractivity contribution in [2.75, 3.05) is 52.9 Å². The molecular formula is C21H33N5O2S+2. The third kappa shape index (κ3) is 6.48. The maximum atomic E-state index is 12.7. The topological polar surface area (TPSA) is 71.2 Å². The molecule has 1 fully saturated rings. The number of benzene rings is 1. The monoisotopic (exact) mass is 419 g/mol. The van der Waals surface area contributed by atoms with Crippen LogP contribution < -0.4 is 15.1 Å². The highest BCUT2D eigenvalue weighted by atomic mass is 32.1. The first kappa shape index (κ1) is 21.7. The number of likely N-dealkylation sites (N-methyl/N-ethyl adjacent to an activating group) is 1. The molecule has 0 saturated carbocycles. The Morgan fingerprint density at radius 3 is 2.76 bits per heavy atom. The summed E-state index contributed by atoms with van der Waals surface area (Å²) in [5.74, 6) is 0.309. The zero-order valence-electron chi connectivity index (χ0n) is 17.5. The van der Waals surface area contributed by atoms with Gasteiger partial charge in [0, 0.05) is 6.54 Å². The van der Waals surface area contributed by atoms with Crippen molar-refractivity contribution in [3.8, 4) is 0 Å².